The number of nitrogens with one attached hydrogen (secondary N) is 2. The van der Waals surface area contributed by atoms with Gasteiger partial charge in [0.2, 0.25) is 5.91 Å². The zero-order valence-electron chi connectivity index (χ0n) is 18.8. The van der Waals surface area contributed by atoms with E-state index in [1.807, 2.05) is 43.5 Å². The van der Waals surface area contributed by atoms with Crippen molar-refractivity contribution in [3.63, 3.8) is 0 Å². The number of carbonyl (C=O) groups excluding carboxylic acids is 3. The van der Waals surface area contributed by atoms with Gasteiger partial charge in [0.1, 0.15) is 12.2 Å². The Kier molecular flexibility index (Phi) is 6.50. The monoisotopic (exact) mass is 496 g/mol. The lowest BCUT2D eigenvalue weighted by molar-refractivity contribution is -0.127. The van der Waals surface area contributed by atoms with Crippen LogP contribution in [-0.4, -0.2) is 33.9 Å². The van der Waals surface area contributed by atoms with Crippen molar-refractivity contribution in [1.29, 1.82) is 0 Å². The number of hydrogen-bond donors (Lipinski definition) is 2. The van der Waals surface area contributed by atoms with E-state index in [-0.39, 0.29) is 5.70 Å². The number of carbonyl (C=O) groups is 3. The molecule has 0 saturated carbocycles. The Labute approximate surface area is 207 Å². The molecule has 1 fully saturated rings. The van der Waals surface area contributed by atoms with Crippen molar-refractivity contribution in [2.45, 2.75) is 20.8 Å². The Bertz CT molecular complexity index is 1360. The number of halogens is 2. The molecule has 0 radical (unpaired) electrons. The first-order chi connectivity index (χ1) is 16.1. The van der Waals surface area contributed by atoms with Gasteiger partial charge in [-0.2, -0.15) is 0 Å². The largest absolute Gasteiger partial charge is 0.329 e. The van der Waals surface area contributed by atoms with Gasteiger partial charge in [-0.05, 0) is 74.4 Å². The zero-order valence-corrected chi connectivity index (χ0v) is 20.3. The van der Waals surface area contributed by atoms with Crippen LogP contribution in [-0.2, 0) is 9.59 Å². The molecule has 34 heavy (non-hydrogen) atoms. The van der Waals surface area contributed by atoms with Crippen molar-refractivity contribution in [1.82, 2.24) is 14.8 Å². The Hall–Kier alpha value is -3.55. The molecule has 2 aromatic carbocycles. The second-order valence-corrected chi connectivity index (χ2v) is 8.90. The maximum absolute atomic E-state index is 12.9. The summed E-state index contributed by atoms with van der Waals surface area (Å²) < 4.78 is 1.93. The molecule has 2 N–H and O–H groups in total. The van der Waals surface area contributed by atoms with Crippen molar-refractivity contribution in [2.75, 3.05) is 11.9 Å². The van der Waals surface area contributed by atoms with Crippen LogP contribution >= 0.6 is 23.2 Å². The number of anilines is 1. The molecule has 7 nitrogen and oxygen atoms in total. The maximum atomic E-state index is 12.9. The van der Waals surface area contributed by atoms with E-state index in [4.69, 9.17) is 23.2 Å². The van der Waals surface area contributed by atoms with E-state index < -0.39 is 24.4 Å². The lowest BCUT2D eigenvalue weighted by Gasteiger charge is -2.12. The summed E-state index contributed by atoms with van der Waals surface area (Å²) >= 11 is 12.5. The summed E-state index contributed by atoms with van der Waals surface area (Å²) in [6, 6.07) is 13.7. The molecule has 174 valence electrons. The van der Waals surface area contributed by atoms with Gasteiger partial charge < -0.3 is 15.2 Å². The summed E-state index contributed by atoms with van der Waals surface area (Å²) in [4.78, 5) is 38.6. The average Bonchev–Trinajstić information content (AvgIpc) is 3.19. The Balaban J connectivity index is 1.56. The first-order valence-electron chi connectivity index (χ1n) is 10.5. The van der Waals surface area contributed by atoms with Crippen LogP contribution in [0.5, 0.6) is 0 Å². The quantitative estimate of drug-likeness (QED) is 0.374. The van der Waals surface area contributed by atoms with Gasteiger partial charge in [0, 0.05) is 22.1 Å². The number of aromatic nitrogens is 1. The lowest BCUT2D eigenvalue weighted by Crippen LogP contribution is -2.38. The number of benzene rings is 2. The second-order valence-electron chi connectivity index (χ2n) is 8.05. The minimum absolute atomic E-state index is 0.0887. The summed E-state index contributed by atoms with van der Waals surface area (Å²) in [6.45, 7) is 5.29. The molecule has 0 atom stereocenters. The van der Waals surface area contributed by atoms with Gasteiger partial charge in [0.05, 0.1) is 10.7 Å². The molecule has 4 rings (SSSR count). The molecule has 0 spiro atoms. The number of hydrogen-bond acceptors (Lipinski definition) is 3. The van der Waals surface area contributed by atoms with Crippen molar-refractivity contribution in [3.8, 4) is 5.69 Å². The Morgan fingerprint density at radius 2 is 1.82 bits per heavy atom. The van der Waals surface area contributed by atoms with Gasteiger partial charge >= 0.3 is 6.03 Å². The predicted molar refractivity (Wildman–Crippen MR) is 133 cm³/mol. The highest BCUT2D eigenvalue weighted by Gasteiger charge is 2.35. The van der Waals surface area contributed by atoms with Crippen LogP contribution in [0.3, 0.4) is 0 Å². The number of amides is 4. The molecule has 0 bridgehead atoms. The van der Waals surface area contributed by atoms with Crippen molar-refractivity contribution in [2.24, 2.45) is 0 Å². The first-order valence-corrected chi connectivity index (χ1v) is 11.2. The highest BCUT2D eigenvalue weighted by atomic mass is 35.5. The number of imide groups is 1. The highest BCUT2D eigenvalue weighted by Crippen LogP contribution is 2.30. The molecule has 1 saturated heterocycles. The fraction of sp³-hybridized carbons (Fsp3) is 0.160. The van der Waals surface area contributed by atoms with E-state index in [9.17, 15) is 14.4 Å². The molecular formula is C25H22Cl2N4O3. The Morgan fingerprint density at radius 3 is 2.56 bits per heavy atom. The number of aryl methyl sites for hydroxylation is 2. The molecule has 1 aromatic heterocycles. The fourth-order valence-corrected chi connectivity index (χ4v) is 4.27. The number of rotatable bonds is 5. The van der Waals surface area contributed by atoms with Gasteiger partial charge in [0.25, 0.3) is 5.91 Å². The molecule has 3 aromatic rings. The SMILES string of the molecule is Cc1cccc(NC(=O)CN2C(=O)N/C(=C/c3cc(C)n(-c4cc(Cl)ccc4Cl)c3C)C2=O)c1. The Morgan fingerprint density at radius 1 is 1.06 bits per heavy atom. The third-order valence-corrected chi connectivity index (χ3v) is 6.04. The molecule has 0 aliphatic carbocycles. The summed E-state index contributed by atoms with van der Waals surface area (Å²) in [7, 11) is 0. The van der Waals surface area contributed by atoms with Gasteiger partial charge in [-0.3, -0.25) is 9.59 Å². The topological polar surface area (TPSA) is 83.4 Å². The van der Waals surface area contributed by atoms with Crippen LogP contribution < -0.4 is 10.6 Å². The third-order valence-electron chi connectivity index (χ3n) is 5.49. The summed E-state index contributed by atoms with van der Waals surface area (Å²) in [5.41, 5.74) is 4.79. The third kappa shape index (κ3) is 4.71. The molecule has 2 heterocycles. The predicted octanol–water partition coefficient (Wildman–Crippen LogP) is 5.24. The van der Waals surface area contributed by atoms with Gasteiger partial charge in [-0.15, -0.1) is 0 Å². The normalized spacial score (nSPS) is 14.6. The summed E-state index contributed by atoms with van der Waals surface area (Å²) in [6.07, 6.45) is 1.59. The summed E-state index contributed by atoms with van der Waals surface area (Å²) in [5.74, 6) is -1.04. The van der Waals surface area contributed by atoms with E-state index in [1.165, 1.54) is 0 Å². The highest BCUT2D eigenvalue weighted by molar-refractivity contribution is 6.34. The van der Waals surface area contributed by atoms with Crippen molar-refractivity contribution in [3.05, 3.63) is 86.8 Å². The standard InChI is InChI=1S/C25H22Cl2N4O3/c1-14-5-4-6-19(9-14)28-23(32)13-30-24(33)21(29-25(30)34)11-17-10-15(2)31(16(17)3)22-12-18(26)7-8-20(22)27/h4-12H,13H2,1-3H3,(H,28,32)(H,29,34)/b21-11+. The minimum Gasteiger partial charge on any atom is -0.325 e. The van der Waals surface area contributed by atoms with Crippen LogP contribution in [0.1, 0.15) is 22.5 Å². The maximum Gasteiger partial charge on any atom is 0.329 e. The van der Waals surface area contributed by atoms with Crippen LogP contribution in [0.25, 0.3) is 11.8 Å². The number of urea groups is 1. The molecule has 0 unspecified atom stereocenters. The molecular weight excluding hydrogens is 475 g/mol. The van der Waals surface area contributed by atoms with Crippen molar-refractivity contribution < 1.29 is 14.4 Å². The van der Waals surface area contributed by atoms with Gasteiger partial charge in [0.15, 0.2) is 0 Å². The van der Waals surface area contributed by atoms with E-state index in [2.05, 4.69) is 10.6 Å². The molecule has 1 aliphatic rings. The van der Waals surface area contributed by atoms with E-state index in [1.54, 1.807) is 36.4 Å². The average molecular weight is 497 g/mol. The van der Waals surface area contributed by atoms with E-state index in [0.29, 0.717) is 21.4 Å². The molecule has 4 amide bonds. The summed E-state index contributed by atoms with van der Waals surface area (Å²) in [5, 5.41) is 6.34. The van der Waals surface area contributed by atoms with E-state index in [0.717, 1.165) is 27.4 Å². The molecule has 1 aliphatic heterocycles. The van der Waals surface area contributed by atoms with Crippen molar-refractivity contribution >= 4 is 52.8 Å². The van der Waals surface area contributed by atoms with Crippen LogP contribution in [0.2, 0.25) is 10.0 Å². The lowest BCUT2D eigenvalue weighted by atomic mass is 10.2. The van der Waals surface area contributed by atoms with Crippen LogP contribution in [0.15, 0.2) is 54.2 Å². The van der Waals surface area contributed by atoms with Crippen LogP contribution in [0, 0.1) is 20.8 Å². The number of nitrogens with zero attached hydrogens (tertiary/aromatic N) is 2. The van der Waals surface area contributed by atoms with Gasteiger partial charge in [-0.1, -0.05) is 35.3 Å². The molecule has 9 heteroatoms. The zero-order chi connectivity index (χ0) is 24.6. The first kappa shape index (κ1) is 23.6. The smallest absolute Gasteiger partial charge is 0.325 e. The van der Waals surface area contributed by atoms with Crippen LogP contribution in [0.4, 0.5) is 10.5 Å². The fourth-order valence-electron chi connectivity index (χ4n) is 3.90. The minimum atomic E-state index is -0.651. The van der Waals surface area contributed by atoms with E-state index >= 15 is 0 Å². The van der Waals surface area contributed by atoms with Gasteiger partial charge in [-0.25, -0.2) is 9.69 Å². The second kappa shape index (κ2) is 9.37.